The number of amides is 1. The number of benzene rings is 1. The van der Waals surface area contributed by atoms with E-state index in [1.165, 1.54) is 5.56 Å². The van der Waals surface area contributed by atoms with Crippen LogP contribution in [0, 0.1) is 13.8 Å². The Morgan fingerprint density at radius 3 is 2.46 bits per heavy atom. The minimum absolute atomic E-state index is 0.151. The molecule has 0 saturated carbocycles. The lowest BCUT2D eigenvalue weighted by Gasteiger charge is -2.20. The number of hydrogen-bond donors (Lipinski definition) is 0. The van der Waals surface area contributed by atoms with Crippen molar-refractivity contribution in [1.82, 2.24) is 14.9 Å². The van der Waals surface area contributed by atoms with E-state index in [1.807, 2.05) is 36.1 Å². The fourth-order valence-corrected chi connectivity index (χ4v) is 4.30. The second-order valence-corrected chi connectivity index (χ2v) is 8.39. The van der Waals surface area contributed by atoms with Crippen LogP contribution in [0.15, 0.2) is 29.4 Å². The summed E-state index contributed by atoms with van der Waals surface area (Å²) < 4.78 is 0. The molecule has 1 aromatic heterocycles. The highest BCUT2D eigenvalue weighted by Gasteiger charge is 2.19. The summed E-state index contributed by atoms with van der Waals surface area (Å²) in [5.74, 6) is 1.96. The van der Waals surface area contributed by atoms with E-state index in [0.29, 0.717) is 0 Å². The summed E-state index contributed by atoms with van der Waals surface area (Å²) in [6, 6.07) is 7.97. The van der Waals surface area contributed by atoms with Crippen LogP contribution in [0.25, 0.3) is 0 Å². The third kappa shape index (κ3) is 4.85. The molecule has 1 aliphatic heterocycles. The number of aryl methyl sites for hydroxylation is 1. The molecule has 0 unspecified atom stereocenters. The number of thioether (sulfide) groups is 1. The molecule has 0 spiro atoms. The number of anilines is 1. The fourth-order valence-electron chi connectivity index (χ4n) is 3.46. The van der Waals surface area contributed by atoms with Crippen molar-refractivity contribution < 1.29 is 4.79 Å². The summed E-state index contributed by atoms with van der Waals surface area (Å²) >= 11 is 1.64. The largest absolute Gasteiger partial charge is 0.359 e. The summed E-state index contributed by atoms with van der Waals surface area (Å²) in [7, 11) is 2.09. The average Bonchev–Trinajstić information content (AvgIpc) is 3.23. The summed E-state index contributed by atoms with van der Waals surface area (Å²) in [4.78, 5) is 26.0. The van der Waals surface area contributed by atoms with Crippen LogP contribution in [0.5, 0.6) is 0 Å². The van der Waals surface area contributed by atoms with E-state index in [9.17, 15) is 4.79 Å². The van der Waals surface area contributed by atoms with Gasteiger partial charge in [-0.2, -0.15) is 0 Å². The molecule has 6 heteroatoms. The third-order valence-corrected chi connectivity index (χ3v) is 6.14. The van der Waals surface area contributed by atoms with Gasteiger partial charge in [0.1, 0.15) is 5.82 Å². The number of likely N-dealkylation sites (tertiary alicyclic amines) is 1. The van der Waals surface area contributed by atoms with E-state index < -0.39 is 0 Å². The van der Waals surface area contributed by atoms with E-state index >= 15 is 0 Å². The smallest absolute Gasteiger partial charge is 0.253 e. The quantitative estimate of drug-likeness (QED) is 0.509. The molecule has 1 saturated heterocycles. The van der Waals surface area contributed by atoms with Crippen LogP contribution in [0.3, 0.4) is 0 Å². The average molecular weight is 399 g/mol. The van der Waals surface area contributed by atoms with Crippen molar-refractivity contribution in [2.45, 2.75) is 50.9 Å². The summed E-state index contributed by atoms with van der Waals surface area (Å²) in [5, 5.41) is 0.804. The molecule has 0 radical (unpaired) electrons. The number of carbonyl (C=O) groups excluding carboxylic acids is 1. The molecule has 1 amide bonds. The molecule has 1 fully saturated rings. The van der Waals surface area contributed by atoms with Gasteiger partial charge in [-0.3, -0.25) is 4.79 Å². The Morgan fingerprint density at radius 1 is 1.14 bits per heavy atom. The van der Waals surface area contributed by atoms with Crippen LogP contribution in [-0.2, 0) is 5.75 Å². The molecular weight excluding hydrogens is 368 g/mol. The van der Waals surface area contributed by atoms with E-state index in [2.05, 4.69) is 30.8 Å². The summed E-state index contributed by atoms with van der Waals surface area (Å²) in [6.45, 7) is 9.05. The molecule has 1 aromatic carbocycles. The molecule has 0 atom stereocenters. The van der Waals surface area contributed by atoms with Crippen LogP contribution in [0.2, 0.25) is 0 Å². The van der Waals surface area contributed by atoms with Crippen molar-refractivity contribution in [1.29, 1.82) is 0 Å². The Hall–Kier alpha value is -2.08. The van der Waals surface area contributed by atoms with E-state index in [4.69, 9.17) is 4.98 Å². The number of rotatable bonds is 7. The highest BCUT2D eigenvalue weighted by Crippen LogP contribution is 2.26. The zero-order valence-electron chi connectivity index (χ0n) is 17.4. The second kappa shape index (κ2) is 9.41. The van der Waals surface area contributed by atoms with Crippen molar-refractivity contribution in [2.75, 3.05) is 31.6 Å². The Kier molecular flexibility index (Phi) is 6.94. The van der Waals surface area contributed by atoms with Gasteiger partial charge in [-0.1, -0.05) is 30.8 Å². The standard InChI is InChI=1S/C22H30N4OS/c1-5-12-25(4)20-16(2)17(3)23-22(24-20)28-15-18-8-10-19(11-9-18)21(27)26-13-6-7-14-26/h8-11H,5-7,12-15H2,1-4H3. The Balaban J connectivity index is 1.66. The predicted molar refractivity (Wildman–Crippen MR) is 116 cm³/mol. The summed E-state index contributed by atoms with van der Waals surface area (Å²) in [5.41, 5.74) is 4.13. The van der Waals surface area contributed by atoms with Gasteiger partial charge in [-0.05, 0) is 50.8 Å². The van der Waals surface area contributed by atoms with Crippen LogP contribution in [-0.4, -0.2) is 47.5 Å². The lowest BCUT2D eigenvalue weighted by atomic mass is 10.1. The van der Waals surface area contributed by atoms with Crippen LogP contribution in [0.4, 0.5) is 5.82 Å². The van der Waals surface area contributed by atoms with Crippen LogP contribution in [0.1, 0.15) is 53.4 Å². The SMILES string of the molecule is CCCN(C)c1nc(SCc2ccc(C(=O)N3CCCC3)cc2)nc(C)c1C. The van der Waals surface area contributed by atoms with Crippen molar-refractivity contribution in [3.8, 4) is 0 Å². The first kappa shape index (κ1) is 20.6. The first-order valence-corrected chi connectivity index (χ1v) is 11.1. The van der Waals surface area contributed by atoms with Gasteiger partial charge in [-0.15, -0.1) is 0 Å². The number of hydrogen-bond acceptors (Lipinski definition) is 5. The molecule has 2 heterocycles. The lowest BCUT2D eigenvalue weighted by Crippen LogP contribution is -2.27. The maximum absolute atomic E-state index is 12.5. The molecule has 0 bridgehead atoms. The van der Waals surface area contributed by atoms with Gasteiger partial charge >= 0.3 is 0 Å². The monoisotopic (exact) mass is 398 g/mol. The van der Waals surface area contributed by atoms with Gasteiger partial charge in [0.2, 0.25) is 0 Å². The number of nitrogens with zero attached hydrogens (tertiary/aromatic N) is 4. The lowest BCUT2D eigenvalue weighted by molar-refractivity contribution is 0.0793. The minimum Gasteiger partial charge on any atom is -0.359 e. The van der Waals surface area contributed by atoms with Crippen molar-refractivity contribution in [3.05, 3.63) is 46.6 Å². The van der Waals surface area contributed by atoms with Crippen molar-refractivity contribution >= 4 is 23.5 Å². The van der Waals surface area contributed by atoms with Crippen LogP contribution >= 0.6 is 11.8 Å². The Labute approximate surface area is 172 Å². The molecule has 1 aliphatic rings. The van der Waals surface area contributed by atoms with Gasteiger partial charge in [0.25, 0.3) is 5.91 Å². The second-order valence-electron chi connectivity index (χ2n) is 7.45. The van der Waals surface area contributed by atoms with E-state index in [1.54, 1.807) is 11.8 Å². The van der Waals surface area contributed by atoms with Gasteiger partial charge in [0.05, 0.1) is 0 Å². The van der Waals surface area contributed by atoms with Crippen molar-refractivity contribution in [2.24, 2.45) is 0 Å². The molecule has 3 rings (SSSR count). The summed E-state index contributed by atoms with van der Waals surface area (Å²) in [6.07, 6.45) is 3.32. The van der Waals surface area contributed by atoms with E-state index in [0.717, 1.165) is 72.4 Å². The highest BCUT2D eigenvalue weighted by atomic mass is 32.2. The first-order chi connectivity index (χ1) is 13.5. The van der Waals surface area contributed by atoms with Crippen molar-refractivity contribution in [3.63, 3.8) is 0 Å². The zero-order chi connectivity index (χ0) is 20.1. The molecule has 0 N–H and O–H groups in total. The normalized spacial score (nSPS) is 13.8. The Bertz CT molecular complexity index is 816. The molecular formula is C22H30N4OS. The van der Waals surface area contributed by atoms with Gasteiger partial charge in [0, 0.05) is 49.3 Å². The van der Waals surface area contributed by atoms with E-state index in [-0.39, 0.29) is 5.91 Å². The van der Waals surface area contributed by atoms with Gasteiger partial charge < -0.3 is 9.80 Å². The number of carbonyl (C=O) groups is 1. The maximum Gasteiger partial charge on any atom is 0.253 e. The topological polar surface area (TPSA) is 49.3 Å². The predicted octanol–water partition coefficient (Wildman–Crippen LogP) is 4.47. The van der Waals surface area contributed by atoms with Crippen LogP contribution < -0.4 is 4.90 Å². The minimum atomic E-state index is 0.151. The maximum atomic E-state index is 12.5. The van der Waals surface area contributed by atoms with Gasteiger partial charge in [0.15, 0.2) is 5.16 Å². The van der Waals surface area contributed by atoms with Gasteiger partial charge in [-0.25, -0.2) is 9.97 Å². The molecule has 150 valence electrons. The zero-order valence-corrected chi connectivity index (χ0v) is 18.2. The highest BCUT2D eigenvalue weighted by molar-refractivity contribution is 7.98. The molecule has 0 aliphatic carbocycles. The number of aromatic nitrogens is 2. The molecule has 2 aromatic rings. The molecule has 28 heavy (non-hydrogen) atoms. The third-order valence-electron chi connectivity index (χ3n) is 5.23. The first-order valence-electron chi connectivity index (χ1n) is 10.1. The Morgan fingerprint density at radius 2 is 1.82 bits per heavy atom. The fraction of sp³-hybridized carbons (Fsp3) is 0.500. The molecule has 5 nitrogen and oxygen atoms in total.